The predicted octanol–water partition coefficient (Wildman–Crippen LogP) is 0.897. The topological polar surface area (TPSA) is 101 Å². The smallest absolute Gasteiger partial charge is 0.322 e. The molecule has 1 atom stereocenters. The first kappa shape index (κ1) is 13.8. The summed E-state index contributed by atoms with van der Waals surface area (Å²) in [5, 5.41) is 9.14. The van der Waals surface area contributed by atoms with Crippen LogP contribution in [-0.4, -0.2) is 36.4 Å². The quantitative estimate of drug-likeness (QED) is 0.803. The molecule has 7 heteroatoms. The van der Waals surface area contributed by atoms with E-state index in [0.717, 1.165) is 10.7 Å². The molecule has 1 fully saturated rings. The molecule has 1 unspecified atom stereocenters. The SMILES string of the molecule is Nc1ccc(S(=O)(=O)N2CCCCC2C(=O)O)cc1. The third-order valence-electron chi connectivity index (χ3n) is 3.23. The first-order valence-corrected chi connectivity index (χ1v) is 7.47. The monoisotopic (exact) mass is 284 g/mol. The van der Waals surface area contributed by atoms with Crippen LogP contribution in [0.25, 0.3) is 0 Å². The van der Waals surface area contributed by atoms with Gasteiger partial charge < -0.3 is 10.8 Å². The van der Waals surface area contributed by atoms with Gasteiger partial charge in [-0.3, -0.25) is 4.79 Å². The molecule has 19 heavy (non-hydrogen) atoms. The third-order valence-corrected chi connectivity index (χ3v) is 5.15. The zero-order valence-corrected chi connectivity index (χ0v) is 11.1. The molecule has 2 rings (SSSR count). The van der Waals surface area contributed by atoms with Crippen LogP contribution in [0.2, 0.25) is 0 Å². The second-order valence-corrected chi connectivity index (χ2v) is 6.43. The summed E-state index contributed by atoms with van der Waals surface area (Å²) in [6, 6.07) is 4.81. The Morgan fingerprint density at radius 2 is 1.89 bits per heavy atom. The van der Waals surface area contributed by atoms with Crippen molar-refractivity contribution < 1.29 is 18.3 Å². The van der Waals surface area contributed by atoms with Gasteiger partial charge >= 0.3 is 5.97 Å². The molecular formula is C12H16N2O4S. The van der Waals surface area contributed by atoms with Gasteiger partial charge in [-0.25, -0.2) is 8.42 Å². The summed E-state index contributed by atoms with van der Waals surface area (Å²) in [4.78, 5) is 11.2. The number of aliphatic carboxylic acids is 1. The first-order valence-electron chi connectivity index (χ1n) is 6.03. The Kier molecular flexibility index (Phi) is 3.77. The molecule has 0 spiro atoms. The number of sulfonamides is 1. The molecule has 3 N–H and O–H groups in total. The Bertz CT molecular complexity index is 568. The molecule has 1 aliphatic rings. The largest absolute Gasteiger partial charge is 0.480 e. The van der Waals surface area contributed by atoms with E-state index in [-0.39, 0.29) is 11.4 Å². The lowest BCUT2D eigenvalue weighted by Crippen LogP contribution is -2.47. The van der Waals surface area contributed by atoms with Gasteiger partial charge in [-0.05, 0) is 43.5 Å². The second-order valence-electron chi connectivity index (χ2n) is 4.53. The average molecular weight is 284 g/mol. The lowest BCUT2D eigenvalue weighted by atomic mass is 10.1. The maximum absolute atomic E-state index is 12.4. The summed E-state index contributed by atoms with van der Waals surface area (Å²) < 4.78 is 25.9. The lowest BCUT2D eigenvalue weighted by molar-refractivity contribution is -0.142. The number of carbonyl (C=O) groups is 1. The van der Waals surface area contributed by atoms with Gasteiger partial charge in [-0.15, -0.1) is 0 Å². The van der Waals surface area contributed by atoms with Gasteiger partial charge in [0.05, 0.1) is 4.90 Å². The molecule has 0 radical (unpaired) electrons. The lowest BCUT2D eigenvalue weighted by Gasteiger charge is -2.31. The van der Waals surface area contributed by atoms with Crippen LogP contribution in [0, 0.1) is 0 Å². The van der Waals surface area contributed by atoms with E-state index in [1.54, 1.807) is 0 Å². The molecule has 0 amide bonds. The highest BCUT2D eigenvalue weighted by molar-refractivity contribution is 7.89. The van der Waals surface area contributed by atoms with Crippen molar-refractivity contribution in [3.8, 4) is 0 Å². The Hall–Kier alpha value is -1.60. The van der Waals surface area contributed by atoms with E-state index < -0.39 is 22.0 Å². The molecule has 1 aromatic rings. The van der Waals surface area contributed by atoms with Crippen LogP contribution < -0.4 is 5.73 Å². The molecule has 104 valence electrons. The Balaban J connectivity index is 2.37. The van der Waals surface area contributed by atoms with Gasteiger partial charge in [0, 0.05) is 12.2 Å². The summed E-state index contributed by atoms with van der Waals surface area (Å²) >= 11 is 0. The fraction of sp³-hybridized carbons (Fsp3) is 0.417. The third kappa shape index (κ3) is 2.71. The Morgan fingerprint density at radius 1 is 1.26 bits per heavy atom. The van der Waals surface area contributed by atoms with Crippen LogP contribution >= 0.6 is 0 Å². The van der Waals surface area contributed by atoms with E-state index >= 15 is 0 Å². The zero-order valence-electron chi connectivity index (χ0n) is 10.3. The average Bonchev–Trinajstić information content (AvgIpc) is 2.39. The van der Waals surface area contributed by atoms with Crippen LogP contribution in [0.1, 0.15) is 19.3 Å². The summed E-state index contributed by atoms with van der Waals surface area (Å²) in [6.07, 6.45) is 1.76. The van der Waals surface area contributed by atoms with Crippen molar-refractivity contribution in [2.75, 3.05) is 12.3 Å². The first-order chi connectivity index (χ1) is 8.93. The minimum absolute atomic E-state index is 0.0786. The summed E-state index contributed by atoms with van der Waals surface area (Å²) in [6.45, 7) is 0.240. The molecule has 0 bridgehead atoms. The Labute approximate surface area is 111 Å². The maximum Gasteiger partial charge on any atom is 0.322 e. The van der Waals surface area contributed by atoms with Gasteiger partial charge in [0.2, 0.25) is 10.0 Å². The molecule has 6 nitrogen and oxygen atoms in total. The van der Waals surface area contributed by atoms with Gasteiger partial charge in [0.1, 0.15) is 6.04 Å². The summed E-state index contributed by atoms with van der Waals surface area (Å²) in [5.41, 5.74) is 5.99. The van der Waals surface area contributed by atoms with Crippen molar-refractivity contribution in [3.63, 3.8) is 0 Å². The number of hydrogen-bond donors (Lipinski definition) is 2. The second kappa shape index (κ2) is 5.18. The highest BCUT2D eigenvalue weighted by atomic mass is 32.2. The normalized spacial score (nSPS) is 21.2. The minimum atomic E-state index is -3.78. The fourth-order valence-electron chi connectivity index (χ4n) is 2.21. The van der Waals surface area contributed by atoms with Gasteiger partial charge in [0.25, 0.3) is 0 Å². The molecule has 0 aromatic heterocycles. The highest BCUT2D eigenvalue weighted by Gasteiger charge is 2.37. The van der Waals surface area contributed by atoms with Crippen molar-refractivity contribution >= 4 is 21.7 Å². The molecular weight excluding hydrogens is 268 g/mol. The van der Waals surface area contributed by atoms with Crippen LogP contribution in [0.3, 0.4) is 0 Å². The number of carboxylic acid groups (broad SMARTS) is 1. The number of benzene rings is 1. The standard InChI is InChI=1S/C12H16N2O4S/c13-9-4-6-10(7-5-9)19(17,18)14-8-2-1-3-11(14)12(15)16/h4-7,11H,1-3,8,13H2,(H,15,16). The number of hydrogen-bond acceptors (Lipinski definition) is 4. The van der Waals surface area contributed by atoms with Crippen LogP contribution in [-0.2, 0) is 14.8 Å². The zero-order chi connectivity index (χ0) is 14.0. The number of anilines is 1. The van der Waals surface area contributed by atoms with Gasteiger partial charge in [-0.1, -0.05) is 0 Å². The number of nitrogen functional groups attached to an aromatic ring is 1. The Morgan fingerprint density at radius 3 is 2.47 bits per heavy atom. The number of carboxylic acids is 1. The van der Waals surface area contributed by atoms with Crippen LogP contribution in [0.4, 0.5) is 5.69 Å². The van der Waals surface area contributed by atoms with Crippen LogP contribution in [0.5, 0.6) is 0 Å². The summed E-state index contributed by atoms with van der Waals surface area (Å²) in [7, 11) is -3.78. The van der Waals surface area contributed by atoms with Crippen molar-refractivity contribution in [3.05, 3.63) is 24.3 Å². The van der Waals surface area contributed by atoms with Gasteiger partial charge in [0.15, 0.2) is 0 Å². The van der Waals surface area contributed by atoms with E-state index in [1.807, 2.05) is 0 Å². The minimum Gasteiger partial charge on any atom is -0.480 e. The number of nitrogens with zero attached hydrogens (tertiary/aromatic N) is 1. The molecule has 1 heterocycles. The van der Waals surface area contributed by atoms with E-state index in [1.165, 1.54) is 24.3 Å². The van der Waals surface area contributed by atoms with Gasteiger partial charge in [-0.2, -0.15) is 4.31 Å². The van der Waals surface area contributed by atoms with Crippen molar-refractivity contribution in [2.45, 2.75) is 30.2 Å². The van der Waals surface area contributed by atoms with Crippen LogP contribution in [0.15, 0.2) is 29.2 Å². The van der Waals surface area contributed by atoms with E-state index in [9.17, 15) is 13.2 Å². The molecule has 1 aliphatic heterocycles. The maximum atomic E-state index is 12.4. The van der Waals surface area contributed by atoms with Crippen molar-refractivity contribution in [1.29, 1.82) is 0 Å². The van der Waals surface area contributed by atoms with E-state index in [0.29, 0.717) is 18.5 Å². The summed E-state index contributed by atoms with van der Waals surface area (Å²) in [5.74, 6) is -1.10. The highest BCUT2D eigenvalue weighted by Crippen LogP contribution is 2.25. The van der Waals surface area contributed by atoms with E-state index in [2.05, 4.69) is 0 Å². The number of rotatable bonds is 3. The fourth-order valence-corrected chi connectivity index (χ4v) is 3.87. The number of piperidine rings is 1. The molecule has 1 aromatic carbocycles. The molecule has 0 aliphatic carbocycles. The van der Waals surface area contributed by atoms with Crippen molar-refractivity contribution in [2.24, 2.45) is 0 Å². The number of nitrogens with two attached hydrogens (primary N) is 1. The molecule has 0 saturated carbocycles. The molecule has 1 saturated heterocycles. The predicted molar refractivity (Wildman–Crippen MR) is 70.0 cm³/mol. The van der Waals surface area contributed by atoms with Crippen molar-refractivity contribution in [1.82, 2.24) is 4.31 Å². The van der Waals surface area contributed by atoms with E-state index in [4.69, 9.17) is 10.8 Å².